The minimum absolute atomic E-state index is 0.217. The molecule has 0 saturated carbocycles. The molecule has 0 aliphatic rings. The standard InChI is InChI=1S/C18H20BrClN2O2/c1-12-5-3-6-16(13(12)2)22-18(23)21-9-4-10-24-17-8-7-14(19)11-15(17)20/h3,5-8,11H,4,9-10H2,1-2H3,(H2,21,22,23). The van der Waals surface area contributed by atoms with E-state index in [1.165, 1.54) is 0 Å². The molecule has 2 aromatic rings. The molecule has 0 aliphatic heterocycles. The molecule has 2 rings (SSSR count). The quantitative estimate of drug-likeness (QED) is 0.633. The highest BCUT2D eigenvalue weighted by molar-refractivity contribution is 9.10. The van der Waals surface area contributed by atoms with Gasteiger partial charge in [-0.25, -0.2) is 4.79 Å². The predicted octanol–water partition coefficient (Wildman–Crippen LogP) is 5.31. The molecule has 6 heteroatoms. The first kappa shape index (κ1) is 18.6. The molecule has 0 aromatic heterocycles. The molecule has 0 spiro atoms. The number of anilines is 1. The van der Waals surface area contributed by atoms with Crippen LogP contribution in [0.2, 0.25) is 5.02 Å². The SMILES string of the molecule is Cc1cccc(NC(=O)NCCCOc2ccc(Br)cc2Cl)c1C. The van der Waals surface area contributed by atoms with E-state index in [4.69, 9.17) is 16.3 Å². The summed E-state index contributed by atoms with van der Waals surface area (Å²) in [6, 6.07) is 11.1. The van der Waals surface area contributed by atoms with Crippen molar-refractivity contribution < 1.29 is 9.53 Å². The topological polar surface area (TPSA) is 50.4 Å². The fourth-order valence-electron chi connectivity index (χ4n) is 2.10. The van der Waals surface area contributed by atoms with Crippen molar-refractivity contribution >= 4 is 39.2 Å². The summed E-state index contributed by atoms with van der Waals surface area (Å²) in [7, 11) is 0. The first-order valence-electron chi connectivity index (χ1n) is 7.66. The van der Waals surface area contributed by atoms with Crippen LogP contribution in [0, 0.1) is 13.8 Å². The van der Waals surface area contributed by atoms with Crippen LogP contribution in [-0.2, 0) is 0 Å². The van der Waals surface area contributed by atoms with Crippen molar-refractivity contribution in [3.63, 3.8) is 0 Å². The van der Waals surface area contributed by atoms with Gasteiger partial charge in [-0.2, -0.15) is 0 Å². The summed E-state index contributed by atoms with van der Waals surface area (Å²) in [6.07, 6.45) is 0.687. The van der Waals surface area contributed by atoms with E-state index in [2.05, 4.69) is 26.6 Å². The van der Waals surface area contributed by atoms with Gasteiger partial charge >= 0.3 is 6.03 Å². The first-order valence-corrected chi connectivity index (χ1v) is 8.83. The number of carbonyl (C=O) groups excluding carboxylic acids is 1. The largest absolute Gasteiger partial charge is 0.492 e. The average Bonchev–Trinajstić information content (AvgIpc) is 2.53. The molecule has 2 N–H and O–H groups in total. The summed E-state index contributed by atoms with van der Waals surface area (Å²) >= 11 is 9.42. The van der Waals surface area contributed by atoms with E-state index in [9.17, 15) is 4.79 Å². The van der Waals surface area contributed by atoms with E-state index in [0.717, 1.165) is 21.3 Å². The molecule has 2 aromatic carbocycles. The van der Waals surface area contributed by atoms with Gasteiger partial charge in [-0.3, -0.25) is 0 Å². The number of benzene rings is 2. The maximum absolute atomic E-state index is 11.9. The number of aryl methyl sites for hydroxylation is 1. The summed E-state index contributed by atoms with van der Waals surface area (Å²) in [5, 5.41) is 6.24. The van der Waals surface area contributed by atoms with Crippen LogP contribution < -0.4 is 15.4 Å². The molecule has 128 valence electrons. The Morgan fingerprint density at radius 2 is 2.04 bits per heavy atom. The second-order valence-electron chi connectivity index (χ2n) is 5.41. The number of amides is 2. The molecular formula is C18H20BrClN2O2. The monoisotopic (exact) mass is 410 g/mol. The molecule has 24 heavy (non-hydrogen) atoms. The lowest BCUT2D eigenvalue weighted by molar-refractivity contribution is 0.250. The van der Waals surface area contributed by atoms with Gasteiger partial charge in [-0.15, -0.1) is 0 Å². The molecular weight excluding hydrogens is 392 g/mol. The van der Waals surface area contributed by atoms with E-state index in [-0.39, 0.29) is 6.03 Å². The maximum Gasteiger partial charge on any atom is 0.319 e. The van der Waals surface area contributed by atoms with E-state index >= 15 is 0 Å². The van der Waals surface area contributed by atoms with Gasteiger partial charge in [0.15, 0.2) is 0 Å². The van der Waals surface area contributed by atoms with Crippen molar-refractivity contribution in [1.82, 2.24) is 5.32 Å². The van der Waals surface area contributed by atoms with Gasteiger partial charge in [0.25, 0.3) is 0 Å². The summed E-state index contributed by atoms with van der Waals surface area (Å²) in [6.45, 7) is 5.00. The highest BCUT2D eigenvalue weighted by Gasteiger charge is 2.05. The molecule has 0 aliphatic carbocycles. The van der Waals surface area contributed by atoms with Crippen molar-refractivity contribution in [1.29, 1.82) is 0 Å². The average molecular weight is 412 g/mol. The fourth-order valence-corrected chi connectivity index (χ4v) is 2.83. The van der Waals surface area contributed by atoms with Gasteiger partial charge in [0.1, 0.15) is 5.75 Å². The highest BCUT2D eigenvalue weighted by Crippen LogP contribution is 2.27. The van der Waals surface area contributed by atoms with Crippen molar-refractivity contribution in [3.05, 3.63) is 57.0 Å². The molecule has 0 radical (unpaired) electrons. The third kappa shape index (κ3) is 5.42. The summed E-state index contributed by atoms with van der Waals surface area (Å²) in [4.78, 5) is 11.9. The fraction of sp³-hybridized carbons (Fsp3) is 0.278. The lowest BCUT2D eigenvalue weighted by atomic mass is 10.1. The van der Waals surface area contributed by atoms with Crippen LogP contribution in [0.25, 0.3) is 0 Å². The Morgan fingerprint density at radius 3 is 2.79 bits per heavy atom. The van der Waals surface area contributed by atoms with E-state index < -0.39 is 0 Å². The van der Waals surface area contributed by atoms with Crippen molar-refractivity contribution in [2.24, 2.45) is 0 Å². The number of hydrogen-bond acceptors (Lipinski definition) is 2. The molecule has 0 unspecified atom stereocenters. The van der Waals surface area contributed by atoms with Crippen LogP contribution in [0.3, 0.4) is 0 Å². The smallest absolute Gasteiger partial charge is 0.319 e. The van der Waals surface area contributed by atoms with Crippen LogP contribution in [-0.4, -0.2) is 19.2 Å². The number of hydrogen-bond donors (Lipinski definition) is 2. The Hall–Kier alpha value is -1.72. The number of ether oxygens (including phenoxy) is 1. The van der Waals surface area contributed by atoms with Crippen LogP contribution in [0.5, 0.6) is 5.75 Å². The number of nitrogens with one attached hydrogen (secondary N) is 2. The van der Waals surface area contributed by atoms with Gasteiger partial charge in [0.2, 0.25) is 0 Å². The lowest BCUT2D eigenvalue weighted by Crippen LogP contribution is -2.30. The Kier molecular flexibility index (Phi) is 6.94. The molecule has 2 amide bonds. The zero-order chi connectivity index (χ0) is 17.5. The zero-order valence-corrected chi connectivity index (χ0v) is 16.0. The van der Waals surface area contributed by atoms with Gasteiger partial charge in [0.05, 0.1) is 11.6 Å². The van der Waals surface area contributed by atoms with Crippen LogP contribution in [0.4, 0.5) is 10.5 Å². The van der Waals surface area contributed by atoms with Crippen molar-refractivity contribution in [2.75, 3.05) is 18.5 Å². The van der Waals surface area contributed by atoms with E-state index in [1.54, 1.807) is 6.07 Å². The molecule has 0 atom stereocenters. The third-order valence-electron chi connectivity index (χ3n) is 3.61. The Labute approximate surface area is 155 Å². The third-order valence-corrected chi connectivity index (χ3v) is 4.40. The van der Waals surface area contributed by atoms with Crippen LogP contribution in [0.15, 0.2) is 40.9 Å². The van der Waals surface area contributed by atoms with Gasteiger partial charge in [-0.1, -0.05) is 39.7 Å². The summed E-state index contributed by atoms with van der Waals surface area (Å²) < 4.78 is 6.51. The second-order valence-corrected chi connectivity index (χ2v) is 6.73. The number of halogens is 2. The Bertz CT molecular complexity index is 722. The van der Waals surface area contributed by atoms with Gasteiger partial charge < -0.3 is 15.4 Å². The number of urea groups is 1. The maximum atomic E-state index is 11.9. The number of rotatable bonds is 6. The minimum Gasteiger partial charge on any atom is -0.492 e. The zero-order valence-electron chi connectivity index (χ0n) is 13.7. The van der Waals surface area contributed by atoms with Crippen molar-refractivity contribution in [2.45, 2.75) is 20.3 Å². The van der Waals surface area contributed by atoms with Crippen molar-refractivity contribution in [3.8, 4) is 5.75 Å². The summed E-state index contributed by atoms with van der Waals surface area (Å²) in [5.74, 6) is 0.639. The normalized spacial score (nSPS) is 10.3. The Morgan fingerprint density at radius 1 is 1.25 bits per heavy atom. The van der Waals surface area contributed by atoms with Crippen LogP contribution >= 0.6 is 27.5 Å². The van der Waals surface area contributed by atoms with Crippen LogP contribution in [0.1, 0.15) is 17.5 Å². The highest BCUT2D eigenvalue weighted by atomic mass is 79.9. The van der Waals surface area contributed by atoms with E-state index in [0.29, 0.717) is 30.3 Å². The van der Waals surface area contributed by atoms with Gasteiger partial charge in [0, 0.05) is 16.7 Å². The molecule has 0 bridgehead atoms. The molecule has 0 saturated heterocycles. The lowest BCUT2D eigenvalue weighted by Gasteiger charge is -2.12. The molecule has 0 fully saturated rings. The predicted molar refractivity (Wildman–Crippen MR) is 102 cm³/mol. The Balaban J connectivity index is 1.70. The molecule has 4 nitrogen and oxygen atoms in total. The number of carbonyl (C=O) groups is 1. The summed E-state index contributed by atoms with van der Waals surface area (Å²) in [5.41, 5.74) is 3.04. The van der Waals surface area contributed by atoms with E-state index in [1.807, 2.05) is 44.2 Å². The minimum atomic E-state index is -0.217. The first-order chi connectivity index (χ1) is 11.5. The second kappa shape index (κ2) is 8.94. The molecule has 0 heterocycles. The van der Waals surface area contributed by atoms with Gasteiger partial charge in [-0.05, 0) is 55.7 Å².